The third-order valence-electron chi connectivity index (χ3n) is 3.85. The van der Waals surface area contributed by atoms with E-state index in [0.29, 0.717) is 5.92 Å². The molecule has 2 atom stereocenters. The van der Waals surface area contributed by atoms with E-state index in [-0.39, 0.29) is 11.9 Å². The van der Waals surface area contributed by atoms with Crippen molar-refractivity contribution in [3.63, 3.8) is 0 Å². The summed E-state index contributed by atoms with van der Waals surface area (Å²) in [4.78, 5) is 11.6. The molecule has 0 aliphatic carbocycles. The maximum atomic E-state index is 11.6. The Morgan fingerprint density at radius 1 is 0.947 bits per heavy atom. The summed E-state index contributed by atoms with van der Waals surface area (Å²) in [5.74, 6) is 0.819. The maximum Gasteiger partial charge on any atom is 0.158 e. The molecule has 0 saturated heterocycles. The molecule has 0 saturated carbocycles. The molecule has 0 fully saturated rings. The minimum absolute atomic E-state index is 0.160. The van der Waals surface area contributed by atoms with Gasteiger partial charge in [-0.05, 0) is 25.7 Å². The van der Waals surface area contributed by atoms with Crippen LogP contribution in [0, 0.1) is 5.92 Å². The van der Waals surface area contributed by atoms with Gasteiger partial charge < -0.3 is 4.74 Å². The number of Topliss-reactive ketones (excluding diaryl/α,β-unsaturated/α-hetero) is 1. The predicted molar refractivity (Wildman–Crippen MR) is 82.5 cm³/mol. The lowest BCUT2D eigenvalue weighted by atomic mass is 10.00. The Kier molecular flexibility index (Phi) is 12.4. The molecule has 0 aromatic carbocycles. The van der Waals surface area contributed by atoms with Crippen LogP contribution < -0.4 is 0 Å². The topological polar surface area (TPSA) is 26.3 Å². The monoisotopic (exact) mass is 270 g/mol. The Morgan fingerprint density at radius 3 is 2.16 bits per heavy atom. The first-order valence-electron chi connectivity index (χ1n) is 8.27. The van der Waals surface area contributed by atoms with Crippen molar-refractivity contribution in [1.29, 1.82) is 0 Å². The van der Waals surface area contributed by atoms with Gasteiger partial charge in [-0.15, -0.1) is 0 Å². The van der Waals surface area contributed by atoms with Gasteiger partial charge >= 0.3 is 0 Å². The van der Waals surface area contributed by atoms with Gasteiger partial charge in [0, 0.05) is 0 Å². The van der Waals surface area contributed by atoms with Crippen molar-refractivity contribution in [2.75, 3.05) is 6.61 Å². The molecule has 2 unspecified atom stereocenters. The number of rotatable bonds is 13. The van der Waals surface area contributed by atoms with E-state index in [1.54, 1.807) is 6.92 Å². The van der Waals surface area contributed by atoms with Crippen LogP contribution in [0.25, 0.3) is 0 Å². The highest BCUT2D eigenvalue weighted by atomic mass is 16.5. The molecule has 2 nitrogen and oxygen atoms in total. The zero-order chi connectivity index (χ0) is 14.5. The molecule has 0 radical (unpaired) electrons. The fourth-order valence-electron chi connectivity index (χ4n) is 2.31. The molecule has 0 N–H and O–H groups in total. The highest BCUT2D eigenvalue weighted by Crippen LogP contribution is 2.16. The summed E-state index contributed by atoms with van der Waals surface area (Å²) >= 11 is 0. The van der Waals surface area contributed by atoms with Gasteiger partial charge in [-0.25, -0.2) is 0 Å². The van der Waals surface area contributed by atoms with Gasteiger partial charge in [0.1, 0.15) is 6.10 Å². The summed E-state index contributed by atoms with van der Waals surface area (Å²) in [6, 6.07) is 0. The second-order valence-electron chi connectivity index (χ2n) is 5.70. The third-order valence-corrected chi connectivity index (χ3v) is 3.85. The highest BCUT2D eigenvalue weighted by molar-refractivity contribution is 5.80. The van der Waals surface area contributed by atoms with Crippen LogP contribution in [0.15, 0.2) is 0 Å². The average Bonchev–Trinajstić information content (AvgIpc) is 2.40. The normalized spacial score (nSPS) is 14.3. The SMILES string of the molecule is CCCCCCC(OCC(CC)CCCC)C(C)=O. The fourth-order valence-corrected chi connectivity index (χ4v) is 2.31. The summed E-state index contributed by atoms with van der Waals surface area (Å²) in [6.07, 6.45) is 10.5. The highest BCUT2D eigenvalue weighted by Gasteiger charge is 2.16. The maximum absolute atomic E-state index is 11.6. The van der Waals surface area contributed by atoms with Crippen LogP contribution in [0.5, 0.6) is 0 Å². The number of ketones is 1. The molecule has 0 aromatic heterocycles. The minimum atomic E-state index is -0.160. The first-order valence-corrected chi connectivity index (χ1v) is 8.27. The van der Waals surface area contributed by atoms with E-state index in [9.17, 15) is 4.79 Å². The predicted octanol–water partition coefficient (Wildman–Crippen LogP) is 5.15. The van der Waals surface area contributed by atoms with Crippen LogP contribution in [0.3, 0.4) is 0 Å². The number of hydrogen-bond donors (Lipinski definition) is 0. The summed E-state index contributed by atoms with van der Waals surface area (Å²) in [5.41, 5.74) is 0. The first-order chi connectivity index (χ1) is 9.15. The first kappa shape index (κ1) is 18.6. The number of hydrogen-bond acceptors (Lipinski definition) is 2. The smallest absolute Gasteiger partial charge is 0.158 e. The van der Waals surface area contributed by atoms with Gasteiger partial charge in [0.2, 0.25) is 0 Å². The number of ether oxygens (including phenoxy) is 1. The third kappa shape index (κ3) is 10.1. The molecule has 0 amide bonds. The van der Waals surface area contributed by atoms with Gasteiger partial charge in [-0.3, -0.25) is 4.79 Å². The zero-order valence-electron chi connectivity index (χ0n) is 13.5. The van der Waals surface area contributed by atoms with Gasteiger partial charge in [-0.2, -0.15) is 0 Å². The molecule has 0 spiro atoms. The molecule has 0 bridgehead atoms. The quantitative estimate of drug-likeness (QED) is 0.433. The van der Waals surface area contributed by atoms with Gasteiger partial charge in [0.05, 0.1) is 6.61 Å². The van der Waals surface area contributed by atoms with E-state index in [1.807, 2.05) is 0 Å². The Morgan fingerprint density at radius 2 is 1.63 bits per heavy atom. The molecule has 0 aromatic rings. The second kappa shape index (κ2) is 12.7. The lowest BCUT2D eigenvalue weighted by Gasteiger charge is -2.20. The summed E-state index contributed by atoms with van der Waals surface area (Å²) in [7, 11) is 0. The number of carbonyl (C=O) groups is 1. The van der Waals surface area contributed by atoms with E-state index in [1.165, 1.54) is 38.5 Å². The molecular weight excluding hydrogens is 236 g/mol. The van der Waals surface area contributed by atoms with Crippen molar-refractivity contribution in [1.82, 2.24) is 0 Å². The molecule has 114 valence electrons. The number of unbranched alkanes of at least 4 members (excludes halogenated alkanes) is 4. The summed E-state index contributed by atoms with van der Waals surface area (Å²) in [5, 5.41) is 0. The van der Waals surface area contributed by atoms with Crippen molar-refractivity contribution in [2.45, 2.75) is 91.6 Å². The Bertz CT molecular complexity index is 213. The molecule has 0 aliphatic heterocycles. The standard InChI is InChI=1S/C17H34O2/c1-5-8-10-11-13-17(15(4)18)19-14-16(7-3)12-9-6-2/h16-17H,5-14H2,1-4H3. The van der Waals surface area contributed by atoms with Gasteiger partial charge in [0.15, 0.2) is 5.78 Å². The minimum Gasteiger partial charge on any atom is -0.370 e. The zero-order valence-corrected chi connectivity index (χ0v) is 13.5. The average molecular weight is 270 g/mol. The van der Waals surface area contributed by atoms with E-state index in [4.69, 9.17) is 4.74 Å². The Labute approximate surface area is 120 Å². The van der Waals surface area contributed by atoms with Crippen molar-refractivity contribution < 1.29 is 9.53 Å². The van der Waals surface area contributed by atoms with Crippen LogP contribution in [-0.2, 0) is 9.53 Å². The van der Waals surface area contributed by atoms with E-state index < -0.39 is 0 Å². The van der Waals surface area contributed by atoms with Gasteiger partial charge in [-0.1, -0.05) is 65.7 Å². The van der Waals surface area contributed by atoms with Crippen LogP contribution in [0.1, 0.15) is 85.5 Å². The lowest BCUT2D eigenvalue weighted by molar-refractivity contribution is -0.129. The summed E-state index contributed by atoms with van der Waals surface area (Å²) in [6.45, 7) is 9.07. The van der Waals surface area contributed by atoms with E-state index >= 15 is 0 Å². The van der Waals surface area contributed by atoms with Crippen LogP contribution in [-0.4, -0.2) is 18.5 Å². The second-order valence-corrected chi connectivity index (χ2v) is 5.70. The van der Waals surface area contributed by atoms with E-state index in [0.717, 1.165) is 25.9 Å². The van der Waals surface area contributed by atoms with Crippen LogP contribution >= 0.6 is 0 Å². The lowest BCUT2D eigenvalue weighted by Crippen LogP contribution is -2.25. The van der Waals surface area contributed by atoms with Crippen LogP contribution in [0.2, 0.25) is 0 Å². The Hall–Kier alpha value is -0.370. The van der Waals surface area contributed by atoms with Crippen molar-refractivity contribution in [3.8, 4) is 0 Å². The Balaban J connectivity index is 3.94. The molecular formula is C17H34O2. The summed E-state index contributed by atoms with van der Waals surface area (Å²) < 4.78 is 5.88. The number of carbonyl (C=O) groups excluding carboxylic acids is 1. The van der Waals surface area contributed by atoms with Crippen molar-refractivity contribution in [3.05, 3.63) is 0 Å². The fraction of sp³-hybridized carbons (Fsp3) is 0.941. The molecule has 0 heterocycles. The largest absolute Gasteiger partial charge is 0.370 e. The van der Waals surface area contributed by atoms with Crippen molar-refractivity contribution >= 4 is 5.78 Å². The van der Waals surface area contributed by atoms with Gasteiger partial charge in [0.25, 0.3) is 0 Å². The van der Waals surface area contributed by atoms with E-state index in [2.05, 4.69) is 20.8 Å². The molecule has 0 rings (SSSR count). The molecule has 2 heteroatoms. The molecule has 19 heavy (non-hydrogen) atoms. The van der Waals surface area contributed by atoms with Crippen LogP contribution in [0.4, 0.5) is 0 Å². The molecule has 0 aliphatic rings. The van der Waals surface area contributed by atoms with Crippen molar-refractivity contribution in [2.24, 2.45) is 5.92 Å².